The van der Waals surface area contributed by atoms with Gasteiger partial charge in [0.2, 0.25) is 0 Å². The number of aromatic nitrogens is 2. The van der Waals surface area contributed by atoms with Crippen molar-refractivity contribution in [1.82, 2.24) is 8.97 Å². The number of carbonyl (C=O) groups excluding carboxylic acids is 1. The lowest BCUT2D eigenvalue weighted by atomic mass is 10.2. The van der Waals surface area contributed by atoms with E-state index in [1.807, 2.05) is 40.9 Å². The van der Waals surface area contributed by atoms with Gasteiger partial charge in [-0.15, -0.1) is 0 Å². The Balaban J connectivity index is 2.45. The molecule has 0 saturated heterocycles. The summed E-state index contributed by atoms with van der Waals surface area (Å²) in [6, 6.07) is 11.4. The van der Waals surface area contributed by atoms with Gasteiger partial charge in [-0.2, -0.15) is 0 Å². The average molecular weight is 240 g/mol. The molecule has 0 N–H and O–H groups in total. The summed E-state index contributed by atoms with van der Waals surface area (Å²) in [7, 11) is 0. The van der Waals surface area contributed by atoms with Crippen LogP contribution in [0.3, 0.4) is 0 Å². The number of benzene rings is 1. The molecule has 0 aliphatic rings. The van der Waals surface area contributed by atoms with Gasteiger partial charge in [0.05, 0.1) is 11.0 Å². The van der Waals surface area contributed by atoms with E-state index in [9.17, 15) is 9.59 Å². The van der Waals surface area contributed by atoms with Crippen LogP contribution in [-0.4, -0.2) is 15.3 Å². The van der Waals surface area contributed by atoms with E-state index in [1.165, 1.54) is 0 Å². The summed E-state index contributed by atoms with van der Waals surface area (Å²) in [4.78, 5) is 22.9. The fraction of sp³-hybridized carbons (Fsp3) is 0.143. The monoisotopic (exact) mass is 240 g/mol. The maximum absolute atomic E-state index is 12.3. The van der Waals surface area contributed by atoms with E-state index in [2.05, 4.69) is 0 Å². The third-order valence-corrected chi connectivity index (χ3v) is 3.12. The molecule has 3 aromatic rings. The van der Waals surface area contributed by atoms with Gasteiger partial charge in [0.25, 0.3) is 5.56 Å². The fourth-order valence-corrected chi connectivity index (χ4v) is 2.31. The van der Waals surface area contributed by atoms with E-state index in [0.29, 0.717) is 18.5 Å². The second-order valence-electron chi connectivity index (χ2n) is 4.16. The molecule has 2 aromatic heterocycles. The molecule has 0 unspecified atom stereocenters. The SMILES string of the molecule is O=CCCn1c(=O)c2cccn2c2ccccc21. The van der Waals surface area contributed by atoms with E-state index in [0.717, 1.165) is 17.3 Å². The molecular weight excluding hydrogens is 228 g/mol. The molecule has 0 saturated carbocycles. The zero-order chi connectivity index (χ0) is 12.5. The minimum atomic E-state index is -0.0550. The van der Waals surface area contributed by atoms with Crippen LogP contribution in [-0.2, 0) is 11.3 Å². The van der Waals surface area contributed by atoms with Crippen LogP contribution < -0.4 is 5.56 Å². The second-order valence-corrected chi connectivity index (χ2v) is 4.16. The lowest BCUT2D eigenvalue weighted by molar-refractivity contribution is -0.108. The molecular formula is C14H12N2O2. The Hall–Kier alpha value is -2.36. The molecule has 18 heavy (non-hydrogen) atoms. The summed E-state index contributed by atoms with van der Waals surface area (Å²) in [5.41, 5.74) is 2.41. The summed E-state index contributed by atoms with van der Waals surface area (Å²) < 4.78 is 3.55. The molecule has 1 aromatic carbocycles. The Morgan fingerprint density at radius 1 is 1.00 bits per heavy atom. The number of para-hydroxylation sites is 2. The first-order chi connectivity index (χ1) is 8.83. The number of hydrogen-bond acceptors (Lipinski definition) is 2. The largest absolute Gasteiger partial charge is 0.310 e. The van der Waals surface area contributed by atoms with Gasteiger partial charge >= 0.3 is 0 Å². The molecule has 0 spiro atoms. The van der Waals surface area contributed by atoms with Gasteiger partial charge < -0.3 is 13.8 Å². The summed E-state index contributed by atoms with van der Waals surface area (Å²) in [6.07, 6.45) is 3.06. The maximum atomic E-state index is 12.3. The van der Waals surface area contributed by atoms with Crippen LogP contribution in [0.25, 0.3) is 16.6 Å². The minimum Gasteiger partial charge on any atom is -0.310 e. The topological polar surface area (TPSA) is 43.5 Å². The van der Waals surface area contributed by atoms with E-state index in [1.54, 1.807) is 10.6 Å². The van der Waals surface area contributed by atoms with E-state index in [4.69, 9.17) is 0 Å². The molecule has 0 amide bonds. The summed E-state index contributed by atoms with van der Waals surface area (Å²) in [5.74, 6) is 0. The Morgan fingerprint density at radius 2 is 1.72 bits per heavy atom. The highest BCUT2D eigenvalue weighted by molar-refractivity contribution is 5.79. The van der Waals surface area contributed by atoms with Crippen molar-refractivity contribution < 1.29 is 4.79 Å². The Bertz CT molecular complexity index is 783. The van der Waals surface area contributed by atoms with E-state index < -0.39 is 0 Å². The smallest absolute Gasteiger partial charge is 0.275 e. The molecule has 0 aliphatic carbocycles. The third kappa shape index (κ3) is 1.46. The van der Waals surface area contributed by atoms with Crippen LogP contribution in [0, 0.1) is 0 Å². The first-order valence-electron chi connectivity index (χ1n) is 5.85. The number of hydrogen-bond donors (Lipinski definition) is 0. The number of fused-ring (bicyclic) bond motifs is 3. The van der Waals surface area contributed by atoms with Crippen molar-refractivity contribution in [1.29, 1.82) is 0 Å². The van der Waals surface area contributed by atoms with Crippen molar-refractivity contribution >= 4 is 22.8 Å². The summed E-state index contributed by atoms with van der Waals surface area (Å²) in [5, 5.41) is 0. The number of aldehydes is 1. The molecule has 90 valence electrons. The zero-order valence-corrected chi connectivity index (χ0v) is 9.74. The third-order valence-electron chi connectivity index (χ3n) is 3.12. The highest BCUT2D eigenvalue weighted by atomic mass is 16.1. The minimum absolute atomic E-state index is 0.0550. The average Bonchev–Trinajstić information content (AvgIpc) is 2.88. The van der Waals surface area contributed by atoms with Gasteiger partial charge in [-0.1, -0.05) is 12.1 Å². The summed E-state index contributed by atoms with van der Waals surface area (Å²) >= 11 is 0. The van der Waals surface area contributed by atoms with Crippen LogP contribution >= 0.6 is 0 Å². The molecule has 0 radical (unpaired) electrons. The lowest BCUT2D eigenvalue weighted by Crippen LogP contribution is -2.22. The molecule has 2 heterocycles. The first-order valence-corrected chi connectivity index (χ1v) is 5.85. The number of rotatable bonds is 3. The zero-order valence-electron chi connectivity index (χ0n) is 9.74. The molecule has 0 atom stereocenters. The quantitative estimate of drug-likeness (QED) is 0.656. The van der Waals surface area contributed by atoms with E-state index >= 15 is 0 Å². The predicted molar refractivity (Wildman–Crippen MR) is 69.8 cm³/mol. The second kappa shape index (κ2) is 4.14. The maximum Gasteiger partial charge on any atom is 0.275 e. The van der Waals surface area contributed by atoms with Gasteiger partial charge in [-0.3, -0.25) is 4.79 Å². The lowest BCUT2D eigenvalue weighted by Gasteiger charge is -2.11. The van der Waals surface area contributed by atoms with E-state index in [-0.39, 0.29) is 5.56 Å². The van der Waals surface area contributed by atoms with Gasteiger partial charge in [0, 0.05) is 19.2 Å². The van der Waals surface area contributed by atoms with Gasteiger partial charge in [0.1, 0.15) is 11.8 Å². The first kappa shape index (κ1) is 10.8. The summed E-state index contributed by atoms with van der Waals surface area (Å²) in [6.45, 7) is 0.421. The number of nitrogens with zero attached hydrogens (tertiary/aromatic N) is 2. The molecule has 4 heteroatoms. The number of aryl methyl sites for hydroxylation is 1. The Kier molecular flexibility index (Phi) is 2.48. The van der Waals surface area contributed by atoms with Crippen molar-refractivity contribution in [2.45, 2.75) is 13.0 Å². The van der Waals surface area contributed by atoms with Gasteiger partial charge in [-0.25, -0.2) is 0 Å². The van der Waals surface area contributed by atoms with Gasteiger partial charge in [0.15, 0.2) is 0 Å². The van der Waals surface area contributed by atoms with Crippen LogP contribution in [0.2, 0.25) is 0 Å². The number of carbonyl (C=O) groups is 1. The molecule has 3 rings (SSSR count). The van der Waals surface area contributed by atoms with Crippen molar-refractivity contribution in [2.24, 2.45) is 0 Å². The van der Waals surface area contributed by atoms with Crippen molar-refractivity contribution in [3.8, 4) is 0 Å². The Labute approximate surface area is 103 Å². The standard InChI is InChI=1S/C14H12N2O2/c17-10-4-9-16-12-6-2-1-5-11(12)15-8-3-7-13(15)14(16)18/h1-3,5-8,10H,4,9H2. The molecule has 0 fully saturated rings. The molecule has 0 bridgehead atoms. The highest BCUT2D eigenvalue weighted by Gasteiger charge is 2.09. The van der Waals surface area contributed by atoms with Crippen LogP contribution in [0.1, 0.15) is 6.42 Å². The molecule has 0 aliphatic heterocycles. The van der Waals surface area contributed by atoms with Crippen molar-refractivity contribution in [3.63, 3.8) is 0 Å². The predicted octanol–water partition coefficient (Wildman–Crippen LogP) is 1.84. The Morgan fingerprint density at radius 3 is 2.50 bits per heavy atom. The highest BCUT2D eigenvalue weighted by Crippen LogP contribution is 2.14. The van der Waals surface area contributed by atoms with Crippen LogP contribution in [0.4, 0.5) is 0 Å². The van der Waals surface area contributed by atoms with Gasteiger partial charge in [-0.05, 0) is 24.3 Å². The van der Waals surface area contributed by atoms with Crippen molar-refractivity contribution in [3.05, 3.63) is 52.9 Å². The molecule has 4 nitrogen and oxygen atoms in total. The van der Waals surface area contributed by atoms with Crippen LogP contribution in [0.15, 0.2) is 47.4 Å². The normalized spacial score (nSPS) is 11.1. The fourth-order valence-electron chi connectivity index (χ4n) is 2.31. The van der Waals surface area contributed by atoms with Crippen molar-refractivity contribution in [2.75, 3.05) is 0 Å². The van der Waals surface area contributed by atoms with Crippen LogP contribution in [0.5, 0.6) is 0 Å².